The van der Waals surface area contributed by atoms with E-state index in [1.54, 1.807) is 6.07 Å². The van der Waals surface area contributed by atoms with Crippen LogP contribution in [0, 0.1) is 0 Å². The standard InChI is InChI=1S/C8H6ClNO/c9-7-5-10(11)8-4-2-1-3-6(7)8/h1-5,11H. The largest absolute Gasteiger partial charge is 0.428 e. The van der Waals surface area contributed by atoms with Gasteiger partial charge in [0.2, 0.25) is 0 Å². The first-order valence-corrected chi connectivity index (χ1v) is 3.61. The van der Waals surface area contributed by atoms with E-state index < -0.39 is 0 Å². The minimum absolute atomic E-state index is 0.572. The molecule has 3 heteroatoms. The number of benzene rings is 1. The summed E-state index contributed by atoms with van der Waals surface area (Å²) < 4.78 is 1.03. The fraction of sp³-hybridized carbons (Fsp3) is 0. The van der Waals surface area contributed by atoms with Gasteiger partial charge in [-0.15, -0.1) is 0 Å². The van der Waals surface area contributed by atoms with Crippen molar-refractivity contribution in [3.8, 4) is 0 Å². The summed E-state index contributed by atoms with van der Waals surface area (Å²) in [5.41, 5.74) is 0.734. The number of halogens is 1. The van der Waals surface area contributed by atoms with Crippen LogP contribution in [0.1, 0.15) is 0 Å². The van der Waals surface area contributed by atoms with Crippen LogP contribution in [0.4, 0.5) is 0 Å². The zero-order chi connectivity index (χ0) is 7.84. The molecular formula is C8H6ClNO. The molecule has 1 aromatic carbocycles. The number of hydrogen-bond acceptors (Lipinski definition) is 1. The van der Waals surface area contributed by atoms with Crippen LogP contribution in [0.3, 0.4) is 0 Å². The van der Waals surface area contributed by atoms with E-state index in [2.05, 4.69) is 0 Å². The molecule has 0 spiro atoms. The monoisotopic (exact) mass is 167 g/mol. The fourth-order valence-corrected chi connectivity index (χ4v) is 1.37. The van der Waals surface area contributed by atoms with Gasteiger partial charge in [-0.2, -0.15) is 4.73 Å². The third-order valence-corrected chi connectivity index (χ3v) is 1.94. The third-order valence-electron chi connectivity index (χ3n) is 1.64. The number of para-hydroxylation sites is 1. The van der Waals surface area contributed by atoms with Crippen molar-refractivity contribution in [1.82, 2.24) is 4.73 Å². The number of hydrogen-bond donors (Lipinski definition) is 1. The normalized spacial score (nSPS) is 10.6. The van der Waals surface area contributed by atoms with Crippen LogP contribution in [0.25, 0.3) is 10.9 Å². The summed E-state index contributed by atoms with van der Waals surface area (Å²) in [5.74, 6) is 0. The molecule has 0 saturated heterocycles. The molecular weight excluding hydrogens is 162 g/mol. The number of aromatic nitrogens is 1. The Bertz CT molecular complexity index is 358. The Morgan fingerprint density at radius 2 is 2.00 bits per heavy atom. The molecule has 11 heavy (non-hydrogen) atoms. The van der Waals surface area contributed by atoms with E-state index in [4.69, 9.17) is 11.6 Å². The van der Waals surface area contributed by atoms with Gasteiger partial charge >= 0.3 is 0 Å². The molecule has 0 aliphatic rings. The van der Waals surface area contributed by atoms with Gasteiger partial charge in [-0.1, -0.05) is 29.8 Å². The van der Waals surface area contributed by atoms with E-state index in [0.29, 0.717) is 5.02 Å². The molecule has 0 aliphatic heterocycles. The molecule has 0 bridgehead atoms. The zero-order valence-corrected chi connectivity index (χ0v) is 6.42. The summed E-state index contributed by atoms with van der Waals surface area (Å²) in [6, 6.07) is 7.41. The van der Waals surface area contributed by atoms with Crippen molar-refractivity contribution >= 4 is 22.5 Å². The summed E-state index contributed by atoms with van der Waals surface area (Å²) in [4.78, 5) is 0. The summed E-state index contributed by atoms with van der Waals surface area (Å²) in [6.07, 6.45) is 1.48. The zero-order valence-electron chi connectivity index (χ0n) is 5.66. The second kappa shape index (κ2) is 2.17. The first-order valence-electron chi connectivity index (χ1n) is 3.24. The van der Waals surface area contributed by atoms with Gasteiger partial charge in [0, 0.05) is 5.39 Å². The van der Waals surface area contributed by atoms with Crippen molar-refractivity contribution in [3.63, 3.8) is 0 Å². The van der Waals surface area contributed by atoms with Crippen molar-refractivity contribution in [2.45, 2.75) is 0 Å². The molecule has 2 aromatic rings. The highest BCUT2D eigenvalue weighted by molar-refractivity contribution is 6.35. The molecule has 1 aromatic heterocycles. The van der Waals surface area contributed by atoms with Gasteiger partial charge in [0.05, 0.1) is 16.7 Å². The number of rotatable bonds is 0. The smallest absolute Gasteiger partial charge is 0.0881 e. The van der Waals surface area contributed by atoms with Crippen LogP contribution in [0.15, 0.2) is 30.5 Å². The minimum atomic E-state index is 0.572. The Morgan fingerprint density at radius 3 is 2.73 bits per heavy atom. The second-order valence-electron chi connectivity index (χ2n) is 2.34. The molecule has 1 heterocycles. The molecule has 1 N–H and O–H groups in total. The van der Waals surface area contributed by atoms with Crippen LogP contribution in [0.5, 0.6) is 0 Å². The van der Waals surface area contributed by atoms with Gasteiger partial charge in [0.15, 0.2) is 0 Å². The van der Waals surface area contributed by atoms with Gasteiger partial charge in [-0.05, 0) is 6.07 Å². The molecule has 0 unspecified atom stereocenters. The summed E-state index contributed by atoms with van der Waals surface area (Å²) >= 11 is 5.80. The molecule has 0 aliphatic carbocycles. The molecule has 0 fully saturated rings. The third kappa shape index (κ3) is 0.870. The average Bonchev–Trinajstić information content (AvgIpc) is 2.30. The number of fused-ring (bicyclic) bond motifs is 1. The van der Waals surface area contributed by atoms with Crippen molar-refractivity contribution in [3.05, 3.63) is 35.5 Å². The van der Waals surface area contributed by atoms with Gasteiger partial charge in [0.1, 0.15) is 0 Å². The summed E-state index contributed by atoms with van der Waals surface area (Å²) in [5, 5.41) is 10.7. The van der Waals surface area contributed by atoms with E-state index in [-0.39, 0.29) is 0 Å². The maximum absolute atomic E-state index is 9.22. The highest BCUT2D eigenvalue weighted by Gasteiger charge is 2.02. The molecule has 0 atom stereocenters. The second-order valence-corrected chi connectivity index (χ2v) is 2.75. The van der Waals surface area contributed by atoms with E-state index in [1.165, 1.54) is 6.20 Å². The van der Waals surface area contributed by atoms with E-state index in [0.717, 1.165) is 15.6 Å². The topological polar surface area (TPSA) is 25.2 Å². The Labute approximate surface area is 68.6 Å². The average molecular weight is 168 g/mol. The molecule has 0 saturated carbocycles. The highest BCUT2D eigenvalue weighted by Crippen LogP contribution is 2.23. The lowest BCUT2D eigenvalue weighted by molar-refractivity contribution is 0.200. The minimum Gasteiger partial charge on any atom is -0.428 e. The Morgan fingerprint density at radius 1 is 1.27 bits per heavy atom. The van der Waals surface area contributed by atoms with Crippen LogP contribution >= 0.6 is 11.6 Å². The Kier molecular flexibility index (Phi) is 1.29. The van der Waals surface area contributed by atoms with Crippen molar-refractivity contribution in [2.24, 2.45) is 0 Å². The van der Waals surface area contributed by atoms with E-state index in [1.807, 2.05) is 18.2 Å². The maximum Gasteiger partial charge on any atom is 0.0881 e. The maximum atomic E-state index is 9.22. The molecule has 0 amide bonds. The highest BCUT2D eigenvalue weighted by atomic mass is 35.5. The summed E-state index contributed by atoms with van der Waals surface area (Å²) in [6.45, 7) is 0. The number of nitrogens with zero attached hydrogens (tertiary/aromatic N) is 1. The van der Waals surface area contributed by atoms with E-state index >= 15 is 0 Å². The van der Waals surface area contributed by atoms with Gasteiger partial charge in [-0.25, -0.2) is 0 Å². The van der Waals surface area contributed by atoms with Crippen LogP contribution in [0.2, 0.25) is 5.02 Å². The lowest BCUT2D eigenvalue weighted by Crippen LogP contribution is -1.83. The van der Waals surface area contributed by atoms with E-state index in [9.17, 15) is 5.21 Å². The van der Waals surface area contributed by atoms with Gasteiger partial charge < -0.3 is 5.21 Å². The fourth-order valence-electron chi connectivity index (χ4n) is 1.12. The quantitative estimate of drug-likeness (QED) is 0.600. The predicted octanol–water partition coefficient (Wildman–Crippen LogP) is 2.53. The van der Waals surface area contributed by atoms with Crippen molar-refractivity contribution < 1.29 is 5.21 Å². The van der Waals surface area contributed by atoms with Gasteiger partial charge in [0.25, 0.3) is 0 Å². The molecule has 0 radical (unpaired) electrons. The molecule has 2 nitrogen and oxygen atoms in total. The van der Waals surface area contributed by atoms with Crippen molar-refractivity contribution in [1.29, 1.82) is 0 Å². The molecule has 2 rings (SSSR count). The SMILES string of the molecule is On1cc(Cl)c2ccccc21. The Balaban J connectivity index is 2.95. The first-order chi connectivity index (χ1) is 5.29. The van der Waals surface area contributed by atoms with Crippen molar-refractivity contribution in [2.75, 3.05) is 0 Å². The van der Waals surface area contributed by atoms with Gasteiger partial charge in [-0.3, -0.25) is 0 Å². The Hall–Kier alpha value is -1.15. The molecule has 56 valence electrons. The predicted molar refractivity (Wildman–Crippen MR) is 44.1 cm³/mol. The van der Waals surface area contributed by atoms with Crippen LogP contribution < -0.4 is 0 Å². The van der Waals surface area contributed by atoms with Crippen LogP contribution in [-0.2, 0) is 0 Å². The lowest BCUT2D eigenvalue weighted by atomic mass is 10.2. The lowest BCUT2D eigenvalue weighted by Gasteiger charge is -1.91. The summed E-state index contributed by atoms with van der Waals surface area (Å²) in [7, 11) is 0. The first kappa shape index (κ1) is 6.55. The van der Waals surface area contributed by atoms with Crippen LogP contribution in [-0.4, -0.2) is 9.94 Å².